The summed E-state index contributed by atoms with van der Waals surface area (Å²) >= 11 is 0. The average Bonchev–Trinajstić information content (AvgIpc) is 2.82. The molecular weight excluding hydrogens is 252 g/mol. The van der Waals surface area contributed by atoms with Gasteiger partial charge < -0.3 is 4.98 Å². The van der Waals surface area contributed by atoms with Crippen molar-refractivity contribution in [1.29, 1.82) is 0 Å². The van der Waals surface area contributed by atoms with Crippen molar-refractivity contribution in [3.63, 3.8) is 0 Å². The number of piperidine rings is 1. The lowest BCUT2D eigenvalue weighted by atomic mass is 10.0. The molecule has 2 unspecified atom stereocenters. The number of H-pyrrole nitrogens is 1. The van der Waals surface area contributed by atoms with Crippen LogP contribution < -0.4 is 4.72 Å². The Kier molecular flexibility index (Phi) is 4.04. The van der Waals surface area contributed by atoms with Gasteiger partial charge in [-0.25, -0.2) is 4.98 Å². The minimum absolute atomic E-state index is 0.345. The third-order valence-electron chi connectivity index (χ3n) is 3.21. The van der Waals surface area contributed by atoms with Crippen molar-refractivity contribution in [2.24, 2.45) is 5.92 Å². The highest BCUT2D eigenvalue weighted by Gasteiger charge is 2.28. The molecule has 0 bridgehead atoms. The fraction of sp³-hybridized carbons (Fsp3) is 0.727. The van der Waals surface area contributed by atoms with Crippen LogP contribution in [0.25, 0.3) is 0 Å². The van der Waals surface area contributed by atoms with Crippen molar-refractivity contribution in [2.75, 3.05) is 13.1 Å². The summed E-state index contributed by atoms with van der Waals surface area (Å²) in [6.07, 6.45) is 5.32. The number of hydrogen-bond acceptors (Lipinski definition) is 3. The second kappa shape index (κ2) is 5.38. The van der Waals surface area contributed by atoms with E-state index in [2.05, 4.69) is 21.6 Å². The Bertz CT molecular complexity index is 471. The summed E-state index contributed by atoms with van der Waals surface area (Å²) in [7, 11) is -3.42. The first-order valence-electron chi connectivity index (χ1n) is 6.25. The van der Waals surface area contributed by atoms with Crippen LogP contribution in [0.2, 0.25) is 0 Å². The van der Waals surface area contributed by atoms with Crippen molar-refractivity contribution in [1.82, 2.24) is 19.0 Å². The van der Waals surface area contributed by atoms with E-state index in [1.807, 2.05) is 0 Å². The van der Waals surface area contributed by atoms with Gasteiger partial charge in [0.15, 0.2) is 0 Å². The van der Waals surface area contributed by atoms with Gasteiger partial charge in [-0.3, -0.25) is 0 Å². The van der Waals surface area contributed by atoms with Gasteiger partial charge in [-0.05, 0) is 25.7 Å². The maximum atomic E-state index is 12.2. The molecule has 0 radical (unpaired) electrons. The van der Waals surface area contributed by atoms with Gasteiger partial charge in [0.1, 0.15) is 5.82 Å². The Hall–Kier alpha value is -0.920. The zero-order valence-corrected chi connectivity index (χ0v) is 11.6. The highest BCUT2D eigenvalue weighted by atomic mass is 32.2. The SMILES string of the molecule is CC1CCCN(S(=O)(=O)NC(C)c2ncc[nH]2)C1. The molecule has 0 saturated carbocycles. The van der Waals surface area contributed by atoms with Crippen LogP contribution in [0.1, 0.15) is 38.6 Å². The maximum absolute atomic E-state index is 12.2. The Labute approximate surface area is 108 Å². The van der Waals surface area contributed by atoms with Crippen LogP contribution in [-0.4, -0.2) is 35.8 Å². The average molecular weight is 272 g/mol. The number of rotatable bonds is 4. The highest BCUT2D eigenvalue weighted by Crippen LogP contribution is 2.19. The molecule has 2 rings (SSSR count). The first kappa shape index (κ1) is 13.5. The molecule has 2 atom stereocenters. The Morgan fingerprint density at radius 2 is 2.39 bits per heavy atom. The molecule has 1 saturated heterocycles. The van der Waals surface area contributed by atoms with Crippen LogP contribution in [0.15, 0.2) is 12.4 Å². The quantitative estimate of drug-likeness (QED) is 0.859. The van der Waals surface area contributed by atoms with E-state index in [0.29, 0.717) is 24.8 Å². The van der Waals surface area contributed by atoms with Crippen LogP contribution in [0.3, 0.4) is 0 Å². The van der Waals surface area contributed by atoms with Crippen LogP contribution in [-0.2, 0) is 10.2 Å². The number of hydrogen-bond donors (Lipinski definition) is 2. The van der Waals surface area contributed by atoms with Crippen LogP contribution in [0.4, 0.5) is 0 Å². The lowest BCUT2D eigenvalue weighted by Crippen LogP contribution is -2.46. The molecular formula is C11H20N4O2S. The number of aromatic nitrogens is 2. The summed E-state index contributed by atoms with van der Waals surface area (Å²) in [6, 6.07) is -0.345. The van der Waals surface area contributed by atoms with E-state index in [0.717, 1.165) is 12.8 Å². The van der Waals surface area contributed by atoms with Crippen molar-refractivity contribution < 1.29 is 8.42 Å². The molecule has 6 nitrogen and oxygen atoms in total. The number of aromatic amines is 1. The Balaban J connectivity index is 2.02. The van der Waals surface area contributed by atoms with Gasteiger partial charge in [0.2, 0.25) is 0 Å². The second-order valence-electron chi connectivity index (χ2n) is 4.92. The van der Waals surface area contributed by atoms with E-state index < -0.39 is 10.2 Å². The lowest BCUT2D eigenvalue weighted by Gasteiger charge is -2.30. The fourth-order valence-electron chi connectivity index (χ4n) is 2.23. The summed E-state index contributed by atoms with van der Waals surface area (Å²) in [6.45, 7) is 5.06. The molecule has 18 heavy (non-hydrogen) atoms. The van der Waals surface area contributed by atoms with Gasteiger partial charge >= 0.3 is 0 Å². The standard InChI is InChI=1S/C11H20N4O2S/c1-9-4-3-7-15(8-9)18(16,17)14-10(2)11-12-5-6-13-11/h5-6,9-10,14H,3-4,7-8H2,1-2H3,(H,12,13). The maximum Gasteiger partial charge on any atom is 0.280 e. The first-order valence-corrected chi connectivity index (χ1v) is 7.69. The first-order chi connectivity index (χ1) is 8.49. The number of imidazole rings is 1. The van der Waals surface area contributed by atoms with E-state index in [1.54, 1.807) is 19.3 Å². The van der Waals surface area contributed by atoms with Crippen molar-refractivity contribution in [3.05, 3.63) is 18.2 Å². The molecule has 0 spiro atoms. The molecule has 1 aromatic rings. The van der Waals surface area contributed by atoms with Gasteiger partial charge in [0, 0.05) is 25.5 Å². The molecule has 1 aliphatic rings. The van der Waals surface area contributed by atoms with Gasteiger partial charge in [-0.15, -0.1) is 0 Å². The second-order valence-corrected chi connectivity index (χ2v) is 6.63. The van der Waals surface area contributed by atoms with E-state index in [-0.39, 0.29) is 6.04 Å². The summed E-state index contributed by atoms with van der Waals surface area (Å²) in [5, 5.41) is 0. The van der Waals surface area contributed by atoms with E-state index in [1.165, 1.54) is 4.31 Å². The molecule has 0 aliphatic carbocycles. The monoisotopic (exact) mass is 272 g/mol. The largest absolute Gasteiger partial charge is 0.347 e. The molecule has 0 amide bonds. The summed E-state index contributed by atoms with van der Waals surface area (Å²) < 4.78 is 28.6. The zero-order chi connectivity index (χ0) is 13.2. The molecule has 1 aromatic heterocycles. The van der Waals surface area contributed by atoms with Crippen LogP contribution >= 0.6 is 0 Å². The van der Waals surface area contributed by atoms with Gasteiger partial charge in [0.25, 0.3) is 10.2 Å². The van der Waals surface area contributed by atoms with Gasteiger partial charge in [-0.1, -0.05) is 6.92 Å². The van der Waals surface area contributed by atoms with Crippen LogP contribution in [0.5, 0.6) is 0 Å². The van der Waals surface area contributed by atoms with Crippen molar-refractivity contribution in [2.45, 2.75) is 32.7 Å². The normalized spacial score (nSPS) is 24.0. The summed E-state index contributed by atoms with van der Waals surface area (Å²) in [5.41, 5.74) is 0. The highest BCUT2D eigenvalue weighted by molar-refractivity contribution is 7.87. The van der Waals surface area contributed by atoms with Gasteiger partial charge in [-0.2, -0.15) is 17.4 Å². The zero-order valence-electron chi connectivity index (χ0n) is 10.8. The number of nitrogens with one attached hydrogen (secondary N) is 2. The van der Waals surface area contributed by atoms with E-state index in [9.17, 15) is 8.42 Å². The molecule has 7 heteroatoms. The third kappa shape index (κ3) is 3.09. The van der Waals surface area contributed by atoms with Crippen molar-refractivity contribution >= 4 is 10.2 Å². The van der Waals surface area contributed by atoms with E-state index >= 15 is 0 Å². The lowest BCUT2D eigenvalue weighted by molar-refractivity contribution is 0.277. The molecule has 102 valence electrons. The van der Waals surface area contributed by atoms with Crippen molar-refractivity contribution in [3.8, 4) is 0 Å². The fourth-order valence-corrected chi connectivity index (χ4v) is 3.76. The smallest absolute Gasteiger partial charge is 0.280 e. The van der Waals surface area contributed by atoms with Gasteiger partial charge in [0.05, 0.1) is 6.04 Å². The van der Waals surface area contributed by atoms with E-state index in [4.69, 9.17) is 0 Å². The molecule has 2 N–H and O–H groups in total. The Morgan fingerprint density at radius 1 is 1.61 bits per heavy atom. The third-order valence-corrected chi connectivity index (χ3v) is 4.88. The summed E-state index contributed by atoms with van der Waals surface area (Å²) in [5.74, 6) is 1.05. The minimum atomic E-state index is -3.42. The molecule has 1 fully saturated rings. The topological polar surface area (TPSA) is 78.1 Å². The minimum Gasteiger partial charge on any atom is -0.347 e. The van der Waals surface area contributed by atoms with Crippen LogP contribution in [0, 0.1) is 5.92 Å². The Morgan fingerprint density at radius 3 is 3.00 bits per heavy atom. The molecule has 0 aromatic carbocycles. The predicted molar refractivity (Wildman–Crippen MR) is 69.0 cm³/mol. The molecule has 1 aliphatic heterocycles. The molecule has 2 heterocycles. The predicted octanol–water partition coefficient (Wildman–Crippen LogP) is 1.04. The number of nitrogens with zero attached hydrogens (tertiary/aromatic N) is 2. The summed E-state index contributed by atoms with van der Waals surface area (Å²) in [4.78, 5) is 6.97.